The zero-order valence-corrected chi connectivity index (χ0v) is 8.46. The maximum atomic E-state index is 9.85. The molecule has 0 saturated carbocycles. The van der Waals surface area contributed by atoms with Crippen LogP contribution in [0.4, 0.5) is 0 Å². The predicted octanol–water partition coefficient (Wildman–Crippen LogP) is 3.69. The monoisotopic (exact) mass is 176 g/mol. The number of aliphatic hydroxyl groups is 1. The van der Waals surface area contributed by atoms with Gasteiger partial charge in [-0.25, -0.2) is 0 Å². The highest BCUT2D eigenvalue weighted by Gasteiger charge is 2.04. The van der Waals surface area contributed by atoms with Gasteiger partial charge in [0.25, 0.3) is 0 Å². The van der Waals surface area contributed by atoms with Crippen LogP contribution in [-0.2, 0) is 0 Å². The number of rotatable bonds is 2. The molecule has 1 aromatic carbocycles. The summed E-state index contributed by atoms with van der Waals surface area (Å²) in [6.45, 7) is 6.01. The Hall–Kier alpha value is -1.24. The average molecular weight is 176 g/mol. The molecule has 1 N–H and O–H groups in total. The first kappa shape index (κ1) is 9.85. The van der Waals surface area contributed by atoms with E-state index in [4.69, 9.17) is 0 Å². The van der Waals surface area contributed by atoms with Crippen molar-refractivity contribution >= 4 is 5.76 Å². The maximum Gasteiger partial charge on any atom is 0.121 e. The van der Waals surface area contributed by atoms with E-state index in [1.54, 1.807) is 0 Å². The van der Waals surface area contributed by atoms with E-state index in [-0.39, 0.29) is 0 Å². The molecular weight excluding hydrogens is 160 g/mol. The molecule has 13 heavy (non-hydrogen) atoms. The molecule has 0 aromatic heterocycles. The van der Waals surface area contributed by atoms with E-state index < -0.39 is 0 Å². The van der Waals surface area contributed by atoms with E-state index in [1.807, 2.05) is 45.0 Å². The van der Waals surface area contributed by atoms with E-state index in [0.29, 0.717) is 5.76 Å². The number of benzene rings is 1. The van der Waals surface area contributed by atoms with E-state index in [2.05, 4.69) is 0 Å². The van der Waals surface area contributed by atoms with Crippen molar-refractivity contribution in [2.75, 3.05) is 0 Å². The second-order valence-corrected chi connectivity index (χ2v) is 3.30. The third-order valence-electron chi connectivity index (χ3n) is 2.33. The number of aliphatic hydroxyl groups excluding tert-OH is 1. The molecule has 0 unspecified atom stereocenters. The SMILES string of the molecule is CCC(C)=C(O)c1ccccc1C. The summed E-state index contributed by atoms with van der Waals surface area (Å²) < 4.78 is 0. The second-order valence-electron chi connectivity index (χ2n) is 3.30. The number of hydrogen-bond acceptors (Lipinski definition) is 1. The van der Waals surface area contributed by atoms with Crippen LogP contribution in [0.2, 0.25) is 0 Å². The molecular formula is C12H16O. The molecule has 0 amide bonds. The van der Waals surface area contributed by atoms with Crippen LogP contribution in [-0.4, -0.2) is 5.11 Å². The van der Waals surface area contributed by atoms with E-state index in [0.717, 1.165) is 23.1 Å². The Kier molecular flexibility index (Phi) is 3.13. The van der Waals surface area contributed by atoms with Crippen molar-refractivity contribution in [3.8, 4) is 0 Å². The molecule has 0 spiro atoms. The van der Waals surface area contributed by atoms with Crippen molar-refractivity contribution < 1.29 is 5.11 Å². The summed E-state index contributed by atoms with van der Waals surface area (Å²) in [6, 6.07) is 7.88. The number of allylic oxidation sites excluding steroid dienone is 1. The van der Waals surface area contributed by atoms with Gasteiger partial charge in [0.2, 0.25) is 0 Å². The average Bonchev–Trinajstić information content (AvgIpc) is 2.16. The fourth-order valence-corrected chi connectivity index (χ4v) is 1.24. The highest BCUT2D eigenvalue weighted by atomic mass is 16.3. The van der Waals surface area contributed by atoms with Crippen LogP contribution in [0, 0.1) is 6.92 Å². The van der Waals surface area contributed by atoms with Crippen molar-refractivity contribution in [3.63, 3.8) is 0 Å². The Labute approximate surface area is 79.7 Å². The van der Waals surface area contributed by atoms with Gasteiger partial charge in [-0.2, -0.15) is 0 Å². The Morgan fingerprint density at radius 1 is 1.31 bits per heavy atom. The Morgan fingerprint density at radius 3 is 2.46 bits per heavy atom. The van der Waals surface area contributed by atoms with Gasteiger partial charge in [-0.3, -0.25) is 0 Å². The fraction of sp³-hybridized carbons (Fsp3) is 0.333. The molecule has 0 fully saturated rings. The first-order chi connectivity index (χ1) is 6.16. The van der Waals surface area contributed by atoms with Crippen LogP contribution in [0.25, 0.3) is 5.76 Å². The molecule has 0 aliphatic rings. The molecule has 70 valence electrons. The zero-order valence-electron chi connectivity index (χ0n) is 8.46. The summed E-state index contributed by atoms with van der Waals surface area (Å²) >= 11 is 0. The largest absolute Gasteiger partial charge is 0.507 e. The van der Waals surface area contributed by atoms with Gasteiger partial charge in [0.15, 0.2) is 0 Å². The minimum absolute atomic E-state index is 0.431. The van der Waals surface area contributed by atoms with Gasteiger partial charge in [-0.1, -0.05) is 31.2 Å². The van der Waals surface area contributed by atoms with Crippen molar-refractivity contribution in [1.82, 2.24) is 0 Å². The fourth-order valence-electron chi connectivity index (χ4n) is 1.24. The molecule has 0 heterocycles. The molecule has 0 saturated heterocycles. The van der Waals surface area contributed by atoms with Crippen LogP contribution in [0.15, 0.2) is 29.8 Å². The lowest BCUT2D eigenvalue weighted by atomic mass is 10.0. The molecule has 1 rings (SSSR count). The third kappa shape index (κ3) is 2.11. The Balaban J connectivity index is 3.16. The summed E-state index contributed by atoms with van der Waals surface area (Å²) in [7, 11) is 0. The lowest BCUT2D eigenvalue weighted by Crippen LogP contribution is -1.90. The highest BCUT2D eigenvalue weighted by molar-refractivity contribution is 5.64. The molecule has 0 radical (unpaired) electrons. The van der Waals surface area contributed by atoms with Crippen LogP contribution < -0.4 is 0 Å². The zero-order chi connectivity index (χ0) is 9.84. The summed E-state index contributed by atoms with van der Waals surface area (Å²) in [6.07, 6.45) is 0.889. The van der Waals surface area contributed by atoms with Crippen LogP contribution in [0.3, 0.4) is 0 Å². The molecule has 0 aliphatic carbocycles. The quantitative estimate of drug-likeness (QED) is 0.681. The van der Waals surface area contributed by atoms with Gasteiger partial charge in [-0.05, 0) is 31.4 Å². The Bertz CT molecular complexity index is 324. The Morgan fingerprint density at radius 2 is 1.92 bits per heavy atom. The normalized spacial score (nSPS) is 12.5. The number of aryl methyl sites for hydroxylation is 1. The van der Waals surface area contributed by atoms with Gasteiger partial charge in [0.1, 0.15) is 5.76 Å². The lowest BCUT2D eigenvalue weighted by molar-refractivity contribution is 0.504. The van der Waals surface area contributed by atoms with Crippen molar-refractivity contribution in [2.45, 2.75) is 27.2 Å². The van der Waals surface area contributed by atoms with Crippen molar-refractivity contribution in [3.05, 3.63) is 41.0 Å². The second kappa shape index (κ2) is 4.13. The first-order valence-corrected chi connectivity index (χ1v) is 4.61. The van der Waals surface area contributed by atoms with Gasteiger partial charge in [0, 0.05) is 5.56 Å². The molecule has 0 atom stereocenters. The minimum atomic E-state index is 0.431. The molecule has 1 heteroatoms. The van der Waals surface area contributed by atoms with Crippen molar-refractivity contribution in [2.24, 2.45) is 0 Å². The third-order valence-corrected chi connectivity index (χ3v) is 2.33. The van der Waals surface area contributed by atoms with E-state index in [1.165, 1.54) is 0 Å². The molecule has 1 aromatic rings. The van der Waals surface area contributed by atoms with Crippen LogP contribution in [0.5, 0.6) is 0 Å². The summed E-state index contributed by atoms with van der Waals surface area (Å²) in [5, 5.41) is 9.85. The van der Waals surface area contributed by atoms with Crippen LogP contribution in [0.1, 0.15) is 31.4 Å². The predicted molar refractivity (Wildman–Crippen MR) is 56.7 cm³/mol. The summed E-state index contributed by atoms with van der Waals surface area (Å²) in [4.78, 5) is 0. The summed E-state index contributed by atoms with van der Waals surface area (Å²) in [5.41, 5.74) is 3.10. The van der Waals surface area contributed by atoms with Gasteiger partial charge in [0.05, 0.1) is 0 Å². The minimum Gasteiger partial charge on any atom is -0.507 e. The van der Waals surface area contributed by atoms with Gasteiger partial charge >= 0.3 is 0 Å². The van der Waals surface area contributed by atoms with Gasteiger partial charge in [-0.15, -0.1) is 0 Å². The molecule has 0 aliphatic heterocycles. The highest BCUT2D eigenvalue weighted by Crippen LogP contribution is 2.20. The van der Waals surface area contributed by atoms with Crippen LogP contribution >= 0.6 is 0 Å². The molecule has 1 nitrogen and oxygen atoms in total. The number of hydrogen-bond donors (Lipinski definition) is 1. The van der Waals surface area contributed by atoms with Crippen molar-refractivity contribution in [1.29, 1.82) is 0 Å². The maximum absolute atomic E-state index is 9.85. The smallest absolute Gasteiger partial charge is 0.121 e. The van der Waals surface area contributed by atoms with E-state index >= 15 is 0 Å². The topological polar surface area (TPSA) is 20.2 Å². The summed E-state index contributed by atoms with van der Waals surface area (Å²) in [5.74, 6) is 0.431. The lowest BCUT2D eigenvalue weighted by Gasteiger charge is -2.07. The first-order valence-electron chi connectivity index (χ1n) is 4.61. The molecule has 0 bridgehead atoms. The van der Waals surface area contributed by atoms with Gasteiger partial charge < -0.3 is 5.11 Å². The standard InChI is InChI=1S/C12H16O/c1-4-9(2)12(13)11-8-6-5-7-10(11)3/h5-8,13H,4H2,1-3H3. The van der Waals surface area contributed by atoms with E-state index in [9.17, 15) is 5.11 Å².